The fraction of sp³-hybridized carbons (Fsp3) is 0.435. The summed E-state index contributed by atoms with van der Waals surface area (Å²) >= 11 is 0. The maximum Gasteiger partial charge on any atom is 0.337 e. The standard InChI is InChI=1S/C23H26FNO5/c1-11(2)30-23(28)18-13(4)25-16-10-12(3)17(22(27)29-5)21(26)20(16)19(18)14-8-6-7-9-15(14)24/h6-9,11-12,17,19,25H,10H2,1-5H3/t12-,17-,19+/m1/s1. The summed E-state index contributed by atoms with van der Waals surface area (Å²) in [5, 5.41) is 3.14. The first-order chi connectivity index (χ1) is 14.2. The number of rotatable bonds is 4. The Bertz CT molecular complexity index is 962. The minimum absolute atomic E-state index is 0.166. The molecule has 7 heteroatoms. The van der Waals surface area contributed by atoms with Crippen molar-refractivity contribution < 1.29 is 28.2 Å². The van der Waals surface area contributed by atoms with Crippen molar-refractivity contribution in [3.63, 3.8) is 0 Å². The van der Waals surface area contributed by atoms with Crippen LogP contribution in [0.5, 0.6) is 0 Å². The molecule has 0 spiro atoms. The van der Waals surface area contributed by atoms with Gasteiger partial charge in [-0.25, -0.2) is 9.18 Å². The van der Waals surface area contributed by atoms with Crippen LogP contribution in [0.15, 0.2) is 46.8 Å². The van der Waals surface area contributed by atoms with Crippen molar-refractivity contribution in [1.82, 2.24) is 5.32 Å². The van der Waals surface area contributed by atoms with Gasteiger partial charge in [-0.3, -0.25) is 9.59 Å². The highest BCUT2D eigenvalue weighted by Crippen LogP contribution is 2.46. The zero-order valence-corrected chi connectivity index (χ0v) is 17.7. The highest BCUT2D eigenvalue weighted by atomic mass is 19.1. The van der Waals surface area contributed by atoms with Gasteiger partial charge in [0.1, 0.15) is 11.7 Å². The summed E-state index contributed by atoms with van der Waals surface area (Å²) in [7, 11) is 1.23. The van der Waals surface area contributed by atoms with Crippen molar-refractivity contribution in [3.8, 4) is 0 Å². The van der Waals surface area contributed by atoms with E-state index in [1.165, 1.54) is 13.2 Å². The summed E-state index contributed by atoms with van der Waals surface area (Å²) in [5.41, 5.74) is 1.67. The molecular weight excluding hydrogens is 389 g/mol. The van der Waals surface area contributed by atoms with Crippen LogP contribution in [-0.2, 0) is 23.9 Å². The third-order valence-corrected chi connectivity index (χ3v) is 5.52. The molecule has 1 aromatic rings. The summed E-state index contributed by atoms with van der Waals surface area (Å²) in [6.07, 6.45) is 0.00896. The second-order valence-corrected chi connectivity index (χ2v) is 8.01. The quantitative estimate of drug-likeness (QED) is 0.600. The number of halogens is 1. The molecule has 2 aliphatic rings. The number of ketones is 1. The Morgan fingerprint density at radius 1 is 1.23 bits per heavy atom. The molecule has 0 amide bonds. The zero-order valence-electron chi connectivity index (χ0n) is 17.7. The first kappa shape index (κ1) is 21.7. The van der Waals surface area contributed by atoms with Crippen LogP contribution in [0.2, 0.25) is 0 Å². The van der Waals surface area contributed by atoms with E-state index in [0.717, 1.165) is 0 Å². The number of ether oxygens (including phenoxy) is 2. The number of dihydropyridines is 1. The van der Waals surface area contributed by atoms with Gasteiger partial charge in [-0.2, -0.15) is 0 Å². The average Bonchev–Trinajstić information content (AvgIpc) is 2.66. The molecule has 0 saturated carbocycles. The Hall–Kier alpha value is -2.96. The van der Waals surface area contributed by atoms with Gasteiger partial charge in [-0.1, -0.05) is 25.1 Å². The van der Waals surface area contributed by atoms with Gasteiger partial charge in [0.15, 0.2) is 5.78 Å². The molecule has 0 bridgehead atoms. The highest BCUT2D eigenvalue weighted by Gasteiger charge is 2.47. The molecule has 1 aromatic carbocycles. The fourth-order valence-electron chi connectivity index (χ4n) is 4.25. The van der Waals surface area contributed by atoms with Gasteiger partial charge >= 0.3 is 11.9 Å². The Morgan fingerprint density at radius 3 is 2.50 bits per heavy atom. The van der Waals surface area contributed by atoms with E-state index in [1.54, 1.807) is 45.9 Å². The van der Waals surface area contributed by atoms with Crippen LogP contribution in [0.4, 0.5) is 4.39 Å². The number of hydrogen-bond acceptors (Lipinski definition) is 6. The lowest BCUT2D eigenvalue weighted by molar-refractivity contribution is -0.151. The van der Waals surface area contributed by atoms with Crippen LogP contribution in [0.3, 0.4) is 0 Å². The highest BCUT2D eigenvalue weighted by molar-refractivity contribution is 6.12. The molecule has 3 rings (SSSR count). The lowest BCUT2D eigenvalue weighted by Gasteiger charge is -2.38. The number of carbonyl (C=O) groups is 3. The number of nitrogens with one attached hydrogen (secondary N) is 1. The maximum atomic E-state index is 14.9. The zero-order chi connectivity index (χ0) is 22.2. The number of hydrogen-bond donors (Lipinski definition) is 1. The number of esters is 2. The second kappa shape index (κ2) is 8.42. The van der Waals surface area contributed by atoms with Crippen LogP contribution in [0.25, 0.3) is 0 Å². The molecule has 1 heterocycles. The van der Waals surface area contributed by atoms with Crippen molar-refractivity contribution in [2.75, 3.05) is 7.11 Å². The van der Waals surface area contributed by atoms with Crippen LogP contribution >= 0.6 is 0 Å². The first-order valence-electron chi connectivity index (χ1n) is 9.95. The predicted octanol–water partition coefficient (Wildman–Crippen LogP) is 3.39. The molecule has 0 radical (unpaired) electrons. The third-order valence-electron chi connectivity index (χ3n) is 5.52. The molecule has 0 fully saturated rings. The van der Waals surface area contributed by atoms with Gasteiger partial charge in [-0.05, 0) is 39.2 Å². The molecule has 30 heavy (non-hydrogen) atoms. The van der Waals surface area contributed by atoms with Crippen LogP contribution in [0.1, 0.15) is 45.6 Å². The van der Waals surface area contributed by atoms with E-state index in [0.29, 0.717) is 17.8 Å². The molecule has 6 nitrogen and oxygen atoms in total. The molecular formula is C23H26FNO5. The van der Waals surface area contributed by atoms with Crippen molar-refractivity contribution in [2.24, 2.45) is 11.8 Å². The summed E-state index contributed by atoms with van der Waals surface area (Å²) in [5.74, 6) is -4.54. The fourth-order valence-corrected chi connectivity index (χ4v) is 4.25. The topological polar surface area (TPSA) is 81.7 Å². The normalized spacial score (nSPS) is 23.8. The monoisotopic (exact) mass is 415 g/mol. The van der Waals surface area contributed by atoms with Gasteiger partial charge in [0.25, 0.3) is 0 Å². The van der Waals surface area contributed by atoms with Gasteiger partial charge in [0.05, 0.1) is 24.7 Å². The minimum atomic E-state index is -1.01. The van der Waals surface area contributed by atoms with E-state index in [4.69, 9.17) is 9.47 Å². The van der Waals surface area contributed by atoms with Crippen LogP contribution < -0.4 is 5.32 Å². The van der Waals surface area contributed by atoms with E-state index in [1.807, 2.05) is 0 Å². The minimum Gasteiger partial charge on any atom is -0.468 e. The van der Waals surface area contributed by atoms with Gasteiger partial charge in [0, 0.05) is 22.5 Å². The molecule has 3 atom stereocenters. The molecule has 0 saturated heterocycles. The van der Waals surface area contributed by atoms with Crippen molar-refractivity contribution in [3.05, 3.63) is 58.2 Å². The first-order valence-corrected chi connectivity index (χ1v) is 9.95. The number of carbonyl (C=O) groups excluding carboxylic acids is 3. The smallest absolute Gasteiger partial charge is 0.337 e. The average molecular weight is 415 g/mol. The predicted molar refractivity (Wildman–Crippen MR) is 108 cm³/mol. The van der Waals surface area contributed by atoms with E-state index in [9.17, 15) is 18.8 Å². The van der Waals surface area contributed by atoms with Gasteiger partial charge in [-0.15, -0.1) is 0 Å². The van der Waals surface area contributed by atoms with Crippen LogP contribution in [-0.4, -0.2) is 30.9 Å². The molecule has 1 aliphatic heterocycles. The summed E-state index contributed by atoms with van der Waals surface area (Å²) in [4.78, 5) is 38.8. The number of Topliss-reactive ketones (excluding diaryl/α,β-unsaturated/α-hetero) is 1. The molecule has 0 aromatic heterocycles. The molecule has 1 N–H and O–H groups in total. The Kier molecular flexibility index (Phi) is 6.10. The maximum absolute atomic E-state index is 14.9. The van der Waals surface area contributed by atoms with Crippen molar-refractivity contribution in [1.29, 1.82) is 0 Å². The largest absolute Gasteiger partial charge is 0.468 e. The van der Waals surface area contributed by atoms with Gasteiger partial charge in [0.2, 0.25) is 0 Å². The third kappa shape index (κ3) is 3.76. The summed E-state index contributed by atoms with van der Waals surface area (Å²) in [6, 6.07) is 6.02. The number of allylic oxidation sites excluding steroid dienone is 3. The Labute approximate surface area is 175 Å². The molecule has 0 unspecified atom stereocenters. The van der Waals surface area contributed by atoms with E-state index in [-0.39, 0.29) is 28.7 Å². The Morgan fingerprint density at radius 2 is 1.90 bits per heavy atom. The van der Waals surface area contributed by atoms with E-state index >= 15 is 0 Å². The van der Waals surface area contributed by atoms with Gasteiger partial charge < -0.3 is 14.8 Å². The van der Waals surface area contributed by atoms with Crippen molar-refractivity contribution >= 4 is 17.7 Å². The number of methoxy groups -OCH3 is 1. The molecule has 1 aliphatic carbocycles. The van der Waals surface area contributed by atoms with Crippen molar-refractivity contribution in [2.45, 2.75) is 46.1 Å². The summed E-state index contributed by atoms with van der Waals surface area (Å²) in [6.45, 7) is 6.93. The SMILES string of the molecule is COC(=O)[C@H]1C(=O)C2=C(C[C@H]1C)NC(C)=C(C(=O)OC(C)C)[C@@H]2c1ccccc1F. The lowest BCUT2D eigenvalue weighted by atomic mass is 9.69. The van der Waals surface area contributed by atoms with Crippen LogP contribution in [0, 0.1) is 17.7 Å². The Balaban J connectivity index is 2.21. The van der Waals surface area contributed by atoms with E-state index in [2.05, 4.69) is 5.32 Å². The second-order valence-electron chi connectivity index (χ2n) is 8.01. The number of benzene rings is 1. The molecule has 160 valence electrons. The van der Waals surface area contributed by atoms with E-state index < -0.39 is 35.4 Å². The lowest BCUT2D eigenvalue weighted by Crippen LogP contribution is -2.43. The summed E-state index contributed by atoms with van der Waals surface area (Å²) < 4.78 is 25.1.